The fourth-order valence-electron chi connectivity index (χ4n) is 13.7. The average Bonchev–Trinajstić information content (AvgIpc) is 3.97. The van der Waals surface area contributed by atoms with E-state index < -0.39 is 0 Å². The van der Waals surface area contributed by atoms with Gasteiger partial charge in [0.2, 0.25) is 0 Å². The van der Waals surface area contributed by atoms with Crippen molar-refractivity contribution in [3.8, 4) is 90.6 Å². The summed E-state index contributed by atoms with van der Waals surface area (Å²) in [6, 6.07) is 69.0. The van der Waals surface area contributed by atoms with Crippen LogP contribution in [0.4, 0.5) is 0 Å². The summed E-state index contributed by atoms with van der Waals surface area (Å²) in [6.07, 6.45) is 6.74. The number of rotatable bonds is 7. The van der Waals surface area contributed by atoms with Crippen LogP contribution in [0.3, 0.4) is 0 Å². The third-order valence-electron chi connectivity index (χ3n) is 16.4. The van der Waals surface area contributed by atoms with Crippen LogP contribution in [0.5, 0.6) is 0 Å². The summed E-state index contributed by atoms with van der Waals surface area (Å²) in [4.78, 5) is 31.5. The van der Waals surface area contributed by atoms with Crippen molar-refractivity contribution in [3.05, 3.63) is 205 Å². The normalized spacial score (nSPS) is 20.5. The van der Waals surface area contributed by atoms with Crippen LogP contribution in [0.15, 0.2) is 194 Å². The molecule has 0 N–H and O–H groups in total. The minimum absolute atomic E-state index is 0.0104. The molecular weight excluding hydrogens is 885 g/mol. The second-order valence-electron chi connectivity index (χ2n) is 20.2. The maximum absolute atomic E-state index is 5.39. The second-order valence-corrected chi connectivity index (χ2v) is 21.3. The lowest BCUT2D eigenvalue weighted by atomic mass is 9.43. The number of hydrogen-bond donors (Lipinski definition) is 0. The third kappa shape index (κ3) is 6.38. The lowest BCUT2D eigenvalue weighted by Gasteiger charge is -2.61. The Morgan fingerprint density at radius 1 is 0.352 bits per heavy atom. The Kier molecular flexibility index (Phi) is 9.22. The quantitative estimate of drug-likeness (QED) is 0.158. The number of nitrogens with zero attached hydrogens (tertiary/aromatic N) is 6. The van der Waals surface area contributed by atoms with Crippen LogP contribution >= 0.6 is 11.3 Å². The van der Waals surface area contributed by atoms with Gasteiger partial charge in [0.05, 0.1) is 0 Å². The van der Waals surface area contributed by atoms with Crippen molar-refractivity contribution in [2.45, 2.75) is 37.5 Å². The lowest BCUT2D eigenvalue weighted by molar-refractivity contribution is -0.0399. The Labute approximate surface area is 416 Å². The number of fused-ring (bicyclic) bond motifs is 6. The van der Waals surface area contributed by atoms with E-state index in [0.717, 1.165) is 66.3 Å². The number of aromatic nitrogens is 6. The molecule has 0 atom stereocenters. The summed E-state index contributed by atoms with van der Waals surface area (Å²) >= 11 is 1.83. The largest absolute Gasteiger partial charge is 0.208 e. The van der Waals surface area contributed by atoms with Gasteiger partial charge in [-0.25, -0.2) is 29.9 Å². The molecule has 3 heterocycles. The van der Waals surface area contributed by atoms with Crippen molar-refractivity contribution < 1.29 is 0 Å². The molecule has 6 nitrogen and oxygen atoms in total. The van der Waals surface area contributed by atoms with Crippen molar-refractivity contribution in [1.82, 2.24) is 29.9 Å². The minimum atomic E-state index is 0.0104. The molecule has 0 aliphatic heterocycles. The van der Waals surface area contributed by atoms with Crippen LogP contribution in [0.25, 0.3) is 111 Å². The van der Waals surface area contributed by atoms with E-state index in [1.807, 2.05) is 84.1 Å². The summed E-state index contributed by atoms with van der Waals surface area (Å²) in [5.41, 5.74) is 14.0. The molecular formula is C64H46N6S. The summed E-state index contributed by atoms with van der Waals surface area (Å²) in [5.74, 6) is 6.88. The summed E-state index contributed by atoms with van der Waals surface area (Å²) in [5, 5.41) is 2.28. The van der Waals surface area contributed by atoms with E-state index in [1.54, 1.807) is 5.56 Å². The zero-order chi connectivity index (χ0) is 46.6. The van der Waals surface area contributed by atoms with Gasteiger partial charge >= 0.3 is 0 Å². The van der Waals surface area contributed by atoms with Crippen LogP contribution in [-0.2, 0) is 5.41 Å². The summed E-state index contributed by atoms with van der Waals surface area (Å²) in [7, 11) is 0. The first-order valence-corrected chi connectivity index (χ1v) is 25.9. The van der Waals surface area contributed by atoms with Crippen molar-refractivity contribution >= 4 is 31.5 Å². The molecule has 4 bridgehead atoms. The lowest BCUT2D eigenvalue weighted by Crippen LogP contribution is -2.55. The summed E-state index contributed by atoms with van der Waals surface area (Å²) in [6.45, 7) is 0. The van der Waals surface area contributed by atoms with E-state index in [1.165, 1.54) is 59.1 Å². The molecule has 8 aromatic carbocycles. The standard InChI is InChI=1S/C64H46N6S/c1-5-16-40(17-6-1)58-65-59(41-18-7-2-8-19-41)68-62(67-58)50-25-15-27-54-56(50)49-30-31-51(63-69-60(42-20-9-3-10-21-42)66-61(70-63)43-22-11-4-12-23-43)55(57(49)71-54)44-28-29-48-47-24-13-14-26-52(47)64(53(48)37-44)45-33-38-32-39(35-45)36-46(64)34-38/h1-31,37-39,45-46H,32-36H2. The Balaban J connectivity index is 1.00. The fourth-order valence-corrected chi connectivity index (χ4v) is 15.0. The first kappa shape index (κ1) is 40.8. The average molecular weight is 931 g/mol. The predicted octanol–water partition coefficient (Wildman–Crippen LogP) is 15.8. The second kappa shape index (κ2) is 16.0. The van der Waals surface area contributed by atoms with Crippen molar-refractivity contribution in [2.75, 3.05) is 0 Å². The zero-order valence-corrected chi connectivity index (χ0v) is 39.7. The highest BCUT2D eigenvalue weighted by molar-refractivity contribution is 7.26. The number of hydrogen-bond acceptors (Lipinski definition) is 7. The SMILES string of the molecule is c1ccc(-c2nc(-c3ccccc3)nc(-c3ccc4c(sc5cccc(-c6nc(-c7ccccc7)nc(-c7ccccc7)n6)c54)c3-c3ccc4c(c3)C3(c5ccccc5-4)C4CC5CC(C4)CC3C5)n2)cc1. The zero-order valence-electron chi connectivity index (χ0n) is 38.9. The molecule has 7 heteroatoms. The van der Waals surface area contributed by atoms with Crippen LogP contribution in [-0.4, -0.2) is 29.9 Å². The van der Waals surface area contributed by atoms with Gasteiger partial charge in [-0.05, 0) is 102 Å². The topological polar surface area (TPSA) is 77.3 Å². The number of benzene rings is 8. The van der Waals surface area contributed by atoms with Gasteiger partial charge in [0.1, 0.15) is 0 Å². The molecule has 338 valence electrons. The van der Waals surface area contributed by atoms with Gasteiger partial charge in [-0.15, -0.1) is 11.3 Å². The van der Waals surface area contributed by atoms with E-state index in [0.29, 0.717) is 46.8 Å². The minimum Gasteiger partial charge on any atom is -0.208 e. The van der Waals surface area contributed by atoms with E-state index >= 15 is 0 Å². The van der Waals surface area contributed by atoms with Gasteiger partial charge < -0.3 is 0 Å². The van der Waals surface area contributed by atoms with Gasteiger partial charge in [-0.1, -0.05) is 176 Å². The van der Waals surface area contributed by atoms with E-state index in [9.17, 15) is 0 Å². The molecule has 71 heavy (non-hydrogen) atoms. The van der Waals surface area contributed by atoms with Gasteiger partial charge in [0, 0.05) is 64.5 Å². The van der Waals surface area contributed by atoms with E-state index in [-0.39, 0.29) is 5.41 Å². The van der Waals surface area contributed by atoms with Crippen LogP contribution < -0.4 is 0 Å². The molecule has 0 amide bonds. The van der Waals surface area contributed by atoms with Gasteiger partial charge in [-0.2, -0.15) is 0 Å². The maximum Gasteiger partial charge on any atom is 0.164 e. The summed E-state index contributed by atoms with van der Waals surface area (Å²) < 4.78 is 2.35. The van der Waals surface area contributed by atoms with Gasteiger partial charge in [0.25, 0.3) is 0 Å². The molecule has 5 aliphatic rings. The van der Waals surface area contributed by atoms with Gasteiger partial charge in [0.15, 0.2) is 34.9 Å². The highest BCUT2D eigenvalue weighted by Gasteiger charge is 2.61. The highest BCUT2D eigenvalue weighted by Crippen LogP contribution is 2.69. The van der Waals surface area contributed by atoms with Crippen LogP contribution in [0.2, 0.25) is 0 Å². The molecule has 3 aromatic heterocycles. The van der Waals surface area contributed by atoms with E-state index in [4.69, 9.17) is 29.9 Å². The van der Waals surface area contributed by atoms with Gasteiger partial charge in [-0.3, -0.25) is 0 Å². The molecule has 1 spiro atoms. The Hall–Kier alpha value is -8.00. The molecule has 0 radical (unpaired) electrons. The van der Waals surface area contributed by atoms with Crippen LogP contribution in [0.1, 0.15) is 43.2 Å². The van der Waals surface area contributed by atoms with E-state index in [2.05, 4.69) is 121 Å². The molecule has 4 fully saturated rings. The first-order valence-electron chi connectivity index (χ1n) is 25.1. The molecule has 5 aliphatic carbocycles. The molecule has 0 saturated heterocycles. The monoisotopic (exact) mass is 930 g/mol. The van der Waals surface area contributed by atoms with Crippen molar-refractivity contribution in [3.63, 3.8) is 0 Å². The smallest absolute Gasteiger partial charge is 0.164 e. The molecule has 4 saturated carbocycles. The van der Waals surface area contributed by atoms with Crippen molar-refractivity contribution in [1.29, 1.82) is 0 Å². The predicted molar refractivity (Wildman–Crippen MR) is 287 cm³/mol. The Morgan fingerprint density at radius 3 is 1.35 bits per heavy atom. The highest BCUT2D eigenvalue weighted by atomic mass is 32.1. The molecule has 11 aromatic rings. The Bertz CT molecular complexity index is 3750. The Morgan fingerprint density at radius 2 is 0.803 bits per heavy atom. The molecule has 0 unspecified atom stereocenters. The van der Waals surface area contributed by atoms with Crippen molar-refractivity contribution in [2.24, 2.45) is 23.7 Å². The van der Waals surface area contributed by atoms with Crippen LogP contribution in [0, 0.1) is 23.7 Å². The molecule has 16 rings (SSSR count). The first-order chi connectivity index (χ1) is 35.1. The maximum atomic E-state index is 5.39. The fraction of sp³-hybridized carbons (Fsp3) is 0.156. The number of thiophene rings is 1. The third-order valence-corrected chi connectivity index (χ3v) is 17.6.